The first kappa shape index (κ1) is 17.7. The monoisotopic (exact) mass is 369 g/mol. The first-order valence-electron chi connectivity index (χ1n) is 9.08. The molecule has 0 unspecified atom stereocenters. The average molecular weight is 369 g/mol. The Labute approximate surface area is 157 Å². The molecule has 1 aromatic carbocycles. The lowest BCUT2D eigenvalue weighted by Gasteiger charge is -2.35. The van der Waals surface area contributed by atoms with Gasteiger partial charge in [-0.2, -0.15) is 4.98 Å². The van der Waals surface area contributed by atoms with E-state index in [4.69, 9.17) is 9.05 Å². The summed E-state index contributed by atoms with van der Waals surface area (Å²) >= 11 is 0. The van der Waals surface area contributed by atoms with Gasteiger partial charge in [0, 0.05) is 30.8 Å². The van der Waals surface area contributed by atoms with Crippen molar-refractivity contribution in [2.24, 2.45) is 0 Å². The van der Waals surface area contributed by atoms with Crippen LogP contribution in [-0.2, 0) is 6.54 Å². The predicted molar refractivity (Wildman–Crippen MR) is 99.0 cm³/mol. The highest BCUT2D eigenvalue weighted by Crippen LogP contribution is 2.22. The standard InChI is InChI=1S/C19H23N5O3/c1-12-15(13(2)26-22-12)10-24-9-8-16(17(25)11-24)20-19-21-18(27-23-19)14-6-4-3-5-7-14/h3-7,16-17,25H,8-11H2,1-2H3,(H,20,23)/t16-,17-/m1/s1. The Balaban J connectivity index is 1.36. The molecule has 142 valence electrons. The summed E-state index contributed by atoms with van der Waals surface area (Å²) in [4.78, 5) is 6.59. The molecule has 4 rings (SSSR count). The summed E-state index contributed by atoms with van der Waals surface area (Å²) < 4.78 is 10.5. The number of aliphatic hydroxyl groups is 1. The van der Waals surface area contributed by atoms with Crippen LogP contribution >= 0.6 is 0 Å². The third-order valence-corrected chi connectivity index (χ3v) is 4.99. The Hall–Kier alpha value is -2.71. The zero-order valence-corrected chi connectivity index (χ0v) is 15.4. The van der Waals surface area contributed by atoms with E-state index in [1.165, 1.54) is 0 Å². The summed E-state index contributed by atoms with van der Waals surface area (Å²) in [6.07, 6.45) is 0.248. The second kappa shape index (κ2) is 7.50. The second-order valence-corrected chi connectivity index (χ2v) is 6.93. The Kier molecular flexibility index (Phi) is 4.91. The van der Waals surface area contributed by atoms with Crippen LogP contribution in [0, 0.1) is 13.8 Å². The summed E-state index contributed by atoms with van der Waals surface area (Å²) in [6.45, 7) is 6.00. The number of hydrogen-bond donors (Lipinski definition) is 2. The van der Waals surface area contributed by atoms with Crippen LogP contribution in [0.2, 0.25) is 0 Å². The number of nitrogens with one attached hydrogen (secondary N) is 1. The molecule has 0 spiro atoms. The molecule has 8 heteroatoms. The molecule has 0 saturated carbocycles. The van der Waals surface area contributed by atoms with Crippen LogP contribution in [-0.4, -0.2) is 50.5 Å². The average Bonchev–Trinajstić information content (AvgIpc) is 3.27. The van der Waals surface area contributed by atoms with Crippen molar-refractivity contribution in [1.82, 2.24) is 20.2 Å². The molecule has 0 amide bonds. The summed E-state index contributed by atoms with van der Waals surface area (Å²) in [5.41, 5.74) is 2.87. The van der Waals surface area contributed by atoms with Crippen molar-refractivity contribution in [3.63, 3.8) is 0 Å². The third kappa shape index (κ3) is 3.86. The topological polar surface area (TPSA) is 100 Å². The number of nitrogens with zero attached hydrogens (tertiary/aromatic N) is 4. The molecule has 0 bridgehead atoms. The van der Waals surface area contributed by atoms with Crippen LogP contribution in [0.5, 0.6) is 0 Å². The Morgan fingerprint density at radius 1 is 1.19 bits per heavy atom. The van der Waals surface area contributed by atoms with Crippen LogP contribution in [0.1, 0.15) is 23.4 Å². The maximum Gasteiger partial charge on any atom is 0.264 e. The molecule has 3 heterocycles. The number of aromatic nitrogens is 3. The number of piperidine rings is 1. The van der Waals surface area contributed by atoms with Gasteiger partial charge in [-0.15, -0.1) is 0 Å². The smallest absolute Gasteiger partial charge is 0.264 e. The fraction of sp³-hybridized carbons (Fsp3) is 0.421. The molecule has 2 N–H and O–H groups in total. The van der Waals surface area contributed by atoms with Gasteiger partial charge in [-0.1, -0.05) is 23.4 Å². The molecule has 0 aliphatic carbocycles. The van der Waals surface area contributed by atoms with E-state index in [9.17, 15) is 5.11 Å². The zero-order valence-electron chi connectivity index (χ0n) is 15.4. The van der Waals surface area contributed by atoms with E-state index >= 15 is 0 Å². The van der Waals surface area contributed by atoms with Gasteiger partial charge in [0.05, 0.1) is 17.8 Å². The lowest BCUT2D eigenvalue weighted by atomic mass is 10.0. The summed E-state index contributed by atoms with van der Waals surface area (Å²) in [6, 6.07) is 9.49. The van der Waals surface area contributed by atoms with E-state index in [2.05, 4.69) is 25.5 Å². The van der Waals surface area contributed by atoms with Gasteiger partial charge in [0.25, 0.3) is 11.8 Å². The van der Waals surface area contributed by atoms with Crippen LogP contribution in [0.3, 0.4) is 0 Å². The van der Waals surface area contributed by atoms with Gasteiger partial charge < -0.3 is 19.5 Å². The molecular formula is C19H23N5O3. The molecule has 8 nitrogen and oxygen atoms in total. The maximum absolute atomic E-state index is 10.6. The largest absolute Gasteiger partial charge is 0.390 e. The van der Waals surface area contributed by atoms with Gasteiger partial charge >= 0.3 is 0 Å². The number of β-amino-alcohol motifs (C(OH)–C–C–N with tert-alkyl or cyclic N) is 1. The molecule has 1 aliphatic heterocycles. The van der Waals surface area contributed by atoms with Crippen molar-refractivity contribution in [2.75, 3.05) is 18.4 Å². The molecule has 2 aromatic heterocycles. The van der Waals surface area contributed by atoms with Crippen molar-refractivity contribution < 1.29 is 14.2 Å². The van der Waals surface area contributed by atoms with Gasteiger partial charge in [0.15, 0.2) is 0 Å². The summed E-state index contributed by atoms with van der Waals surface area (Å²) in [5.74, 6) is 1.70. The van der Waals surface area contributed by atoms with E-state index in [1.807, 2.05) is 44.2 Å². The van der Waals surface area contributed by atoms with Crippen molar-refractivity contribution in [2.45, 2.75) is 39.0 Å². The van der Waals surface area contributed by atoms with E-state index in [-0.39, 0.29) is 6.04 Å². The fourth-order valence-electron chi connectivity index (χ4n) is 3.41. The molecule has 27 heavy (non-hydrogen) atoms. The number of anilines is 1. The lowest BCUT2D eigenvalue weighted by Crippen LogP contribution is -2.49. The lowest BCUT2D eigenvalue weighted by molar-refractivity contribution is 0.0556. The van der Waals surface area contributed by atoms with Gasteiger partial charge in [0.1, 0.15) is 5.76 Å². The zero-order chi connectivity index (χ0) is 18.8. The van der Waals surface area contributed by atoms with Crippen molar-refractivity contribution in [1.29, 1.82) is 0 Å². The number of aryl methyl sites for hydroxylation is 2. The van der Waals surface area contributed by atoms with E-state index < -0.39 is 6.10 Å². The minimum absolute atomic E-state index is 0.118. The molecule has 1 saturated heterocycles. The number of rotatable bonds is 5. The minimum Gasteiger partial charge on any atom is -0.390 e. The predicted octanol–water partition coefficient (Wildman–Crippen LogP) is 2.39. The molecule has 3 aromatic rings. The quantitative estimate of drug-likeness (QED) is 0.707. The van der Waals surface area contributed by atoms with Gasteiger partial charge in [0.2, 0.25) is 0 Å². The van der Waals surface area contributed by atoms with Crippen LogP contribution < -0.4 is 5.32 Å². The third-order valence-electron chi connectivity index (χ3n) is 4.99. The normalized spacial score (nSPS) is 20.7. The SMILES string of the molecule is Cc1noc(C)c1CN1CC[C@@H](Nc2noc(-c3ccccc3)n2)[C@H](O)C1. The first-order chi connectivity index (χ1) is 13.1. The number of hydrogen-bond acceptors (Lipinski definition) is 8. The molecule has 1 fully saturated rings. The Morgan fingerprint density at radius 2 is 2.00 bits per heavy atom. The van der Waals surface area contributed by atoms with Crippen molar-refractivity contribution >= 4 is 5.95 Å². The number of likely N-dealkylation sites (tertiary alicyclic amines) is 1. The van der Waals surface area contributed by atoms with Crippen molar-refractivity contribution in [3.8, 4) is 11.5 Å². The Morgan fingerprint density at radius 3 is 2.70 bits per heavy atom. The van der Waals surface area contributed by atoms with E-state index in [1.54, 1.807) is 0 Å². The van der Waals surface area contributed by atoms with E-state index in [0.29, 0.717) is 18.4 Å². The second-order valence-electron chi connectivity index (χ2n) is 6.93. The first-order valence-corrected chi connectivity index (χ1v) is 9.08. The molecule has 1 aliphatic rings. The summed E-state index contributed by atoms with van der Waals surface area (Å²) in [7, 11) is 0. The van der Waals surface area contributed by atoms with Crippen LogP contribution in [0.25, 0.3) is 11.5 Å². The molecule has 0 radical (unpaired) electrons. The summed E-state index contributed by atoms with van der Waals surface area (Å²) in [5, 5.41) is 21.7. The molecular weight excluding hydrogens is 346 g/mol. The highest BCUT2D eigenvalue weighted by molar-refractivity contribution is 5.53. The van der Waals surface area contributed by atoms with Gasteiger partial charge in [-0.05, 0) is 37.6 Å². The van der Waals surface area contributed by atoms with Gasteiger partial charge in [-0.25, -0.2) is 0 Å². The van der Waals surface area contributed by atoms with Crippen LogP contribution in [0.4, 0.5) is 5.95 Å². The minimum atomic E-state index is -0.530. The fourth-order valence-corrected chi connectivity index (χ4v) is 3.41. The number of aliphatic hydroxyl groups excluding tert-OH is 1. The highest BCUT2D eigenvalue weighted by Gasteiger charge is 2.29. The van der Waals surface area contributed by atoms with Crippen LogP contribution in [0.15, 0.2) is 39.4 Å². The number of benzene rings is 1. The molecule has 2 atom stereocenters. The maximum atomic E-state index is 10.6. The van der Waals surface area contributed by atoms with Gasteiger partial charge in [-0.3, -0.25) is 4.90 Å². The highest BCUT2D eigenvalue weighted by atomic mass is 16.5. The van der Waals surface area contributed by atoms with Crippen molar-refractivity contribution in [3.05, 3.63) is 47.3 Å². The Bertz CT molecular complexity index is 872. The van der Waals surface area contributed by atoms with E-state index in [0.717, 1.165) is 42.1 Å².